The number of halogens is 1. The number of rotatable bonds is 5. The molecule has 4 rings (SSSR count). The lowest BCUT2D eigenvalue weighted by atomic mass is 10.1. The molecule has 0 amide bonds. The Bertz CT molecular complexity index is 1190. The minimum atomic E-state index is -0.475. The van der Waals surface area contributed by atoms with Crippen LogP contribution in [0.5, 0.6) is 0 Å². The van der Waals surface area contributed by atoms with Crippen LogP contribution in [-0.2, 0) is 18.1 Å². The number of aromatic nitrogens is 2. The van der Waals surface area contributed by atoms with Crippen LogP contribution in [0.3, 0.4) is 0 Å². The van der Waals surface area contributed by atoms with Crippen LogP contribution in [0.1, 0.15) is 5.56 Å². The van der Waals surface area contributed by atoms with E-state index in [1.54, 1.807) is 0 Å². The molecule has 0 unspecified atom stereocenters. The van der Waals surface area contributed by atoms with Gasteiger partial charge in [0, 0.05) is 15.4 Å². The van der Waals surface area contributed by atoms with Crippen molar-refractivity contribution in [3.63, 3.8) is 0 Å². The van der Waals surface area contributed by atoms with Crippen LogP contribution >= 0.6 is 27.3 Å². The van der Waals surface area contributed by atoms with Gasteiger partial charge in [-0.2, -0.15) is 0 Å². The molecule has 7 heteroatoms. The average molecular weight is 443 g/mol. The summed E-state index contributed by atoms with van der Waals surface area (Å²) in [6, 6.07) is 17.5. The number of fused-ring (bicyclic) bond motifs is 1. The van der Waals surface area contributed by atoms with E-state index in [9.17, 15) is 9.59 Å². The minimum Gasteiger partial charge on any atom is -0.356 e. The fourth-order valence-electron chi connectivity index (χ4n) is 2.89. The lowest BCUT2D eigenvalue weighted by Gasteiger charge is -2.10. The van der Waals surface area contributed by atoms with Crippen molar-refractivity contribution in [2.75, 3.05) is 0 Å². The van der Waals surface area contributed by atoms with Gasteiger partial charge in [0.15, 0.2) is 0 Å². The lowest BCUT2D eigenvalue weighted by molar-refractivity contribution is 0.0638. The number of thiophene rings is 1. The molecule has 0 aliphatic carbocycles. The Labute approximate surface area is 167 Å². The maximum absolute atomic E-state index is 12.5. The zero-order valence-electron chi connectivity index (χ0n) is 14.1. The zero-order chi connectivity index (χ0) is 18.8. The molecule has 0 saturated heterocycles. The first-order chi connectivity index (χ1) is 13.1. The van der Waals surface area contributed by atoms with Crippen molar-refractivity contribution in [1.82, 2.24) is 9.55 Å². The number of H-pyrrole nitrogens is 1. The molecule has 0 radical (unpaired) electrons. The highest BCUT2D eigenvalue weighted by Gasteiger charge is 2.15. The molecular formula is C20H15BrN2O3S. The van der Waals surface area contributed by atoms with E-state index in [0.29, 0.717) is 16.8 Å². The maximum Gasteiger partial charge on any atom is 0.330 e. The molecule has 0 bridgehead atoms. The number of hydrogen-bond donors (Lipinski definition) is 1. The van der Waals surface area contributed by atoms with Gasteiger partial charge in [-0.25, -0.2) is 4.79 Å². The van der Waals surface area contributed by atoms with E-state index in [2.05, 4.69) is 20.9 Å². The Morgan fingerprint density at radius 3 is 2.52 bits per heavy atom. The molecule has 2 aromatic carbocycles. The predicted molar refractivity (Wildman–Crippen MR) is 111 cm³/mol. The van der Waals surface area contributed by atoms with Crippen LogP contribution in [0.4, 0.5) is 0 Å². The van der Waals surface area contributed by atoms with Crippen molar-refractivity contribution in [1.29, 1.82) is 0 Å². The molecule has 136 valence electrons. The highest BCUT2D eigenvalue weighted by Crippen LogP contribution is 2.32. The standard InChI is InChI=1S/C20H15BrN2O3S/c21-15-8-6-14(7-9-15)16-11-27-18-17(16)23(20(25)22-19(18)24)12-26-10-13-4-2-1-3-5-13/h1-9,11H,10,12H2,(H,22,24,25). The van der Waals surface area contributed by atoms with Gasteiger partial charge in [-0.15, -0.1) is 11.3 Å². The Balaban J connectivity index is 1.75. The molecule has 0 spiro atoms. The van der Waals surface area contributed by atoms with Gasteiger partial charge < -0.3 is 4.74 Å². The first kappa shape index (κ1) is 17.9. The van der Waals surface area contributed by atoms with Gasteiger partial charge in [-0.05, 0) is 23.3 Å². The van der Waals surface area contributed by atoms with Crippen LogP contribution in [0.25, 0.3) is 21.3 Å². The lowest BCUT2D eigenvalue weighted by Crippen LogP contribution is -2.30. The van der Waals surface area contributed by atoms with Crippen LogP contribution < -0.4 is 11.2 Å². The van der Waals surface area contributed by atoms with Crippen LogP contribution in [0, 0.1) is 0 Å². The summed E-state index contributed by atoms with van der Waals surface area (Å²) in [4.78, 5) is 27.1. The highest BCUT2D eigenvalue weighted by atomic mass is 79.9. The average Bonchev–Trinajstić information content (AvgIpc) is 3.11. The Hall–Kier alpha value is -2.48. The van der Waals surface area contributed by atoms with Gasteiger partial charge in [0.25, 0.3) is 5.56 Å². The smallest absolute Gasteiger partial charge is 0.330 e. The molecule has 0 fully saturated rings. The fourth-order valence-corrected chi connectivity index (χ4v) is 4.13. The van der Waals surface area contributed by atoms with E-state index in [-0.39, 0.29) is 12.3 Å². The number of hydrogen-bond acceptors (Lipinski definition) is 4. The van der Waals surface area contributed by atoms with Crippen LogP contribution in [0.2, 0.25) is 0 Å². The third-order valence-corrected chi connectivity index (χ3v) is 5.69. The summed E-state index contributed by atoms with van der Waals surface area (Å²) in [6.45, 7) is 0.437. The number of ether oxygens (including phenoxy) is 1. The van der Waals surface area contributed by atoms with E-state index in [1.807, 2.05) is 60.0 Å². The number of nitrogens with one attached hydrogen (secondary N) is 1. The maximum atomic E-state index is 12.5. The van der Waals surface area contributed by atoms with E-state index in [4.69, 9.17) is 4.74 Å². The molecule has 0 saturated carbocycles. The summed E-state index contributed by atoms with van der Waals surface area (Å²) in [6.07, 6.45) is 0. The summed E-state index contributed by atoms with van der Waals surface area (Å²) in [5.41, 5.74) is 2.55. The summed E-state index contributed by atoms with van der Waals surface area (Å²) in [7, 11) is 0. The van der Waals surface area contributed by atoms with Crippen molar-refractivity contribution in [2.24, 2.45) is 0 Å². The monoisotopic (exact) mass is 442 g/mol. The number of benzene rings is 2. The summed E-state index contributed by atoms with van der Waals surface area (Å²) in [5.74, 6) is 0. The largest absolute Gasteiger partial charge is 0.356 e. The van der Waals surface area contributed by atoms with Crippen molar-refractivity contribution in [2.45, 2.75) is 13.3 Å². The first-order valence-corrected chi connectivity index (χ1v) is 9.92. The minimum absolute atomic E-state index is 0.0568. The van der Waals surface area contributed by atoms with Gasteiger partial charge in [0.1, 0.15) is 11.4 Å². The normalized spacial score (nSPS) is 11.1. The molecule has 5 nitrogen and oxygen atoms in total. The first-order valence-electron chi connectivity index (χ1n) is 8.25. The Kier molecular flexibility index (Phi) is 5.07. The second-order valence-corrected chi connectivity index (χ2v) is 7.78. The second kappa shape index (κ2) is 7.64. The van der Waals surface area contributed by atoms with E-state index in [1.165, 1.54) is 15.9 Å². The van der Waals surface area contributed by atoms with E-state index < -0.39 is 5.69 Å². The van der Waals surface area contributed by atoms with Crippen molar-refractivity contribution >= 4 is 37.5 Å². The van der Waals surface area contributed by atoms with Crippen molar-refractivity contribution in [3.05, 3.63) is 90.9 Å². The molecule has 0 aliphatic heterocycles. The summed E-state index contributed by atoms with van der Waals surface area (Å²) in [5, 5.41) is 1.90. The van der Waals surface area contributed by atoms with Gasteiger partial charge in [-0.3, -0.25) is 14.3 Å². The summed E-state index contributed by atoms with van der Waals surface area (Å²) < 4.78 is 8.71. The van der Waals surface area contributed by atoms with Gasteiger partial charge in [0.05, 0.1) is 12.1 Å². The summed E-state index contributed by atoms with van der Waals surface area (Å²) >= 11 is 4.75. The fraction of sp³-hybridized carbons (Fsp3) is 0.100. The van der Waals surface area contributed by atoms with Crippen LogP contribution in [-0.4, -0.2) is 9.55 Å². The molecule has 2 heterocycles. The molecule has 0 atom stereocenters. The third kappa shape index (κ3) is 3.66. The topological polar surface area (TPSA) is 64.1 Å². The zero-order valence-corrected chi connectivity index (χ0v) is 16.5. The Morgan fingerprint density at radius 2 is 1.78 bits per heavy atom. The van der Waals surface area contributed by atoms with E-state index >= 15 is 0 Å². The Morgan fingerprint density at radius 1 is 1.04 bits per heavy atom. The molecule has 2 aromatic heterocycles. The van der Waals surface area contributed by atoms with E-state index in [0.717, 1.165) is 21.2 Å². The second-order valence-electron chi connectivity index (χ2n) is 5.98. The number of aromatic amines is 1. The predicted octanol–water partition coefficient (Wildman–Crippen LogP) is 4.36. The molecule has 0 aliphatic rings. The third-order valence-electron chi connectivity index (χ3n) is 4.19. The van der Waals surface area contributed by atoms with Crippen molar-refractivity contribution < 1.29 is 4.74 Å². The molecule has 4 aromatic rings. The molecular weight excluding hydrogens is 428 g/mol. The molecule has 1 N–H and O–H groups in total. The van der Waals surface area contributed by atoms with Gasteiger partial charge >= 0.3 is 5.69 Å². The number of nitrogens with zero attached hydrogens (tertiary/aromatic N) is 1. The van der Waals surface area contributed by atoms with Crippen molar-refractivity contribution in [3.8, 4) is 11.1 Å². The molecule has 27 heavy (non-hydrogen) atoms. The SMILES string of the molecule is O=c1[nH]c(=O)n(COCc2ccccc2)c2c(-c3ccc(Br)cc3)csc12. The van der Waals surface area contributed by atoms with Crippen LogP contribution in [0.15, 0.2) is 74.0 Å². The quantitative estimate of drug-likeness (QED) is 0.499. The highest BCUT2D eigenvalue weighted by molar-refractivity contribution is 9.10. The van der Waals surface area contributed by atoms with Gasteiger partial charge in [-0.1, -0.05) is 58.4 Å². The van der Waals surface area contributed by atoms with Gasteiger partial charge in [0.2, 0.25) is 0 Å².